The molecule has 1 aromatic carbocycles. The summed E-state index contributed by atoms with van der Waals surface area (Å²) in [5.41, 5.74) is 9.68. The third-order valence-corrected chi connectivity index (χ3v) is 3.26. The van der Waals surface area contributed by atoms with Crippen molar-refractivity contribution >= 4 is 17.4 Å². The third-order valence-electron chi connectivity index (χ3n) is 3.26. The van der Waals surface area contributed by atoms with E-state index in [2.05, 4.69) is 4.98 Å². The van der Waals surface area contributed by atoms with E-state index in [9.17, 15) is 4.79 Å². The van der Waals surface area contributed by atoms with E-state index in [1.54, 1.807) is 18.5 Å². The summed E-state index contributed by atoms with van der Waals surface area (Å²) in [5, 5.41) is 10.4. The van der Waals surface area contributed by atoms with Crippen molar-refractivity contribution in [1.29, 1.82) is 0 Å². The lowest BCUT2D eigenvalue weighted by Gasteiger charge is -2.18. The molecule has 0 atom stereocenters. The molecule has 0 amide bonds. The van der Waals surface area contributed by atoms with Gasteiger partial charge in [-0.1, -0.05) is 6.07 Å². The first-order valence-electron chi connectivity index (χ1n) is 6.66. The number of hydrogen-bond donors (Lipinski definition) is 3. The zero-order valence-corrected chi connectivity index (χ0v) is 12.4. The van der Waals surface area contributed by atoms with E-state index < -0.39 is 5.97 Å². The van der Waals surface area contributed by atoms with Gasteiger partial charge in [0.15, 0.2) is 0 Å². The molecule has 1 aromatic heterocycles. The molecule has 2 aromatic rings. The standard InChI is InChI=1S/C16H18N4O2/c1-10-3-5-12(16(21)22)7-15(10)20(18)9-14(17)13-6-4-11(2)19-8-13/h3-9H,17-18H2,1-2H3,(H,21,22)/b14-9-. The van der Waals surface area contributed by atoms with Gasteiger partial charge in [0, 0.05) is 23.7 Å². The molecule has 6 nitrogen and oxygen atoms in total. The molecule has 2 rings (SSSR count). The largest absolute Gasteiger partial charge is 0.478 e. The molecule has 0 fully saturated rings. The Labute approximate surface area is 128 Å². The van der Waals surface area contributed by atoms with E-state index in [0.717, 1.165) is 16.8 Å². The Morgan fingerprint density at radius 2 is 1.91 bits per heavy atom. The second-order valence-electron chi connectivity index (χ2n) is 4.99. The Morgan fingerprint density at radius 3 is 2.50 bits per heavy atom. The summed E-state index contributed by atoms with van der Waals surface area (Å²) in [4.78, 5) is 15.2. The van der Waals surface area contributed by atoms with Gasteiger partial charge < -0.3 is 10.8 Å². The lowest BCUT2D eigenvalue weighted by atomic mass is 10.1. The molecule has 0 radical (unpaired) electrons. The van der Waals surface area contributed by atoms with Crippen molar-refractivity contribution < 1.29 is 9.90 Å². The van der Waals surface area contributed by atoms with E-state index in [1.165, 1.54) is 17.1 Å². The van der Waals surface area contributed by atoms with E-state index >= 15 is 0 Å². The maximum absolute atomic E-state index is 11.1. The van der Waals surface area contributed by atoms with Crippen LogP contribution in [0, 0.1) is 13.8 Å². The van der Waals surface area contributed by atoms with Gasteiger partial charge in [-0.05, 0) is 43.7 Å². The number of rotatable bonds is 4. The molecule has 114 valence electrons. The summed E-state index contributed by atoms with van der Waals surface area (Å²) in [6.45, 7) is 3.73. The molecule has 0 aliphatic heterocycles. The van der Waals surface area contributed by atoms with E-state index in [-0.39, 0.29) is 5.56 Å². The van der Waals surface area contributed by atoms with Crippen LogP contribution in [0.15, 0.2) is 42.7 Å². The number of aromatic carboxylic acids is 1. The molecule has 5 N–H and O–H groups in total. The minimum atomic E-state index is -1.01. The van der Waals surface area contributed by atoms with Crippen LogP contribution in [0.3, 0.4) is 0 Å². The van der Waals surface area contributed by atoms with Crippen molar-refractivity contribution in [2.24, 2.45) is 11.6 Å². The Morgan fingerprint density at radius 1 is 1.23 bits per heavy atom. The molecule has 0 saturated heterocycles. The number of hydrogen-bond acceptors (Lipinski definition) is 5. The highest BCUT2D eigenvalue weighted by atomic mass is 16.4. The molecule has 0 bridgehead atoms. The topological polar surface area (TPSA) is 105 Å². The van der Waals surface area contributed by atoms with E-state index in [4.69, 9.17) is 16.7 Å². The highest BCUT2D eigenvalue weighted by Crippen LogP contribution is 2.21. The first-order chi connectivity index (χ1) is 10.4. The zero-order valence-electron chi connectivity index (χ0n) is 12.4. The third kappa shape index (κ3) is 3.42. The van der Waals surface area contributed by atoms with Crippen molar-refractivity contribution in [3.05, 3.63) is 65.1 Å². The Bertz CT molecular complexity index is 723. The van der Waals surface area contributed by atoms with Gasteiger partial charge in [0.2, 0.25) is 0 Å². The summed E-state index contributed by atoms with van der Waals surface area (Å²) in [6, 6.07) is 8.45. The zero-order chi connectivity index (χ0) is 16.3. The molecule has 6 heteroatoms. The van der Waals surface area contributed by atoms with Crippen LogP contribution in [0.4, 0.5) is 5.69 Å². The van der Waals surface area contributed by atoms with Gasteiger partial charge in [0.1, 0.15) is 0 Å². The van der Waals surface area contributed by atoms with Gasteiger partial charge in [-0.2, -0.15) is 0 Å². The normalized spacial score (nSPS) is 11.3. The molecule has 22 heavy (non-hydrogen) atoms. The van der Waals surface area contributed by atoms with Crippen molar-refractivity contribution in [2.45, 2.75) is 13.8 Å². The Hall–Kier alpha value is -2.86. The van der Waals surface area contributed by atoms with Crippen LogP contribution in [0.5, 0.6) is 0 Å². The van der Waals surface area contributed by atoms with Gasteiger partial charge in [0.25, 0.3) is 0 Å². The Kier molecular flexibility index (Phi) is 4.43. The fourth-order valence-electron chi connectivity index (χ4n) is 1.95. The average molecular weight is 298 g/mol. The van der Waals surface area contributed by atoms with Crippen molar-refractivity contribution in [3.8, 4) is 0 Å². The quantitative estimate of drug-likeness (QED) is 0.589. The first-order valence-corrected chi connectivity index (χ1v) is 6.66. The van der Waals surface area contributed by atoms with Gasteiger partial charge in [-0.3, -0.25) is 9.99 Å². The summed E-state index contributed by atoms with van der Waals surface area (Å²) in [6.07, 6.45) is 3.20. The van der Waals surface area contributed by atoms with Crippen LogP contribution in [0.2, 0.25) is 0 Å². The highest BCUT2D eigenvalue weighted by Gasteiger charge is 2.10. The lowest BCUT2D eigenvalue weighted by molar-refractivity contribution is 0.0697. The van der Waals surface area contributed by atoms with Crippen molar-refractivity contribution in [3.63, 3.8) is 0 Å². The van der Waals surface area contributed by atoms with E-state index in [0.29, 0.717) is 11.4 Å². The lowest BCUT2D eigenvalue weighted by Crippen LogP contribution is -2.26. The summed E-state index contributed by atoms with van der Waals surface area (Å²) in [7, 11) is 0. The number of carboxylic acid groups (broad SMARTS) is 1. The summed E-state index contributed by atoms with van der Waals surface area (Å²) < 4.78 is 0. The molecular formula is C16H18N4O2. The molecule has 0 aliphatic carbocycles. The molecule has 0 aliphatic rings. The first kappa shape index (κ1) is 15.5. The molecule has 0 unspecified atom stereocenters. The molecular weight excluding hydrogens is 280 g/mol. The monoisotopic (exact) mass is 298 g/mol. The average Bonchev–Trinajstić information content (AvgIpc) is 2.47. The van der Waals surface area contributed by atoms with Gasteiger partial charge in [-0.15, -0.1) is 0 Å². The van der Waals surface area contributed by atoms with E-state index in [1.807, 2.05) is 26.0 Å². The predicted molar refractivity (Wildman–Crippen MR) is 85.9 cm³/mol. The molecule has 0 spiro atoms. The van der Waals surface area contributed by atoms with Crippen LogP contribution in [-0.4, -0.2) is 16.1 Å². The second kappa shape index (κ2) is 6.28. The number of nitrogens with zero attached hydrogens (tertiary/aromatic N) is 2. The molecule has 1 heterocycles. The number of carbonyl (C=O) groups is 1. The fraction of sp³-hybridized carbons (Fsp3) is 0.125. The Balaban J connectivity index is 2.33. The SMILES string of the molecule is Cc1ccc(/C(N)=C/N(N)c2cc(C(=O)O)ccc2C)cn1. The van der Waals surface area contributed by atoms with Crippen LogP contribution in [0.25, 0.3) is 5.70 Å². The number of aromatic nitrogens is 1. The smallest absolute Gasteiger partial charge is 0.335 e. The van der Waals surface area contributed by atoms with Crippen LogP contribution >= 0.6 is 0 Å². The summed E-state index contributed by atoms with van der Waals surface area (Å²) in [5.74, 6) is 4.99. The number of aryl methyl sites for hydroxylation is 2. The van der Waals surface area contributed by atoms with Crippen LogP contribution < -0.4 is 16.6 Å². The number of hydrazine groups is 1. The minimum absolute atomic E-state index is 0.167. The number of carboxylic acids is 1. The van der Waals surface area contributed by atoms with Crippen molar-refractivity contribution in [1.82, 2.24) is 4.98 Å². The van der Waals surface area contributed by atoms with Gasteiger partial charge >= 0.3 is 5.97 Å². The minimum Gasteiger partial charge on any atom is -0.478 e. The molecule has 0 saturated carbocycles. The number of nitrogens with two attached hydrogens (primary N) is 2. The fourth-order valence-corrected chi connectivity index (χ4v) is 1.95. The van der Waals surface area contributed by atoms with Crippen molar-refractivity contribution in [2.75, 3.05) is 5.01 Å². The van der Waals surface area contributed by atoms with Gasteiger partial charge in [0.05, 0.1) is 16.9 Å². The van der Waals surface area contributed by atoms with Crippen LogP contribution in [-0.2, 0) is 0 Å². The number of pyridine rings is 1. The maximum atomic E-state index is 11.1. The number of anilines is 1. The maximum Gasteiger partial charge on any atom is 0.335 e. The van der Waals surface area contributed by atoms with Gasteiger partial charge in [-0.25, -0.2) is 10.6 Å². The predicted octanol–water partition coefficient (Wildman–Crippen LogP) is 2.03. The highest BCUT2D eigenvalue weighted by molar-refractivity contribution is 5.89. The van der Waals surface area contributed by atoms with Crippen LogP contribution in [0.1, 0.15) is 27.2 Å². The second-order valence-corrected chi connectivity index (χ2v) is 4.99. The summed E-state index contributed by atoms with van der Waals surface area (Å²) >= 11 is 0. The number of benzene rings is 1.